The van der Waals surface area contributed by atoms with Crippen molar-refractivity contribution in [3.05, 3.63) is 54.0 Å². The summed E-state index contributed by atoms with van der Waals surface area (Å²) in [6.07, 6.45) is 2.47. The molecule has 0 saturated carbocycles. The molecular formula is C18H20N2O4. The molecule has 1 aliphatic rings. The van der Waals surface area contributed by atoms with E-state index in [1.807, 2.05) is 30.3 Å². The SMILES string of the molecule is O=C(N[C@@H]1CCCCNC1=O)c1ccc(COc2ccccc2)o1. The van der Waals surface area contributed by atoms with Crippen molar-refractivity contribution in [1.82, 2.24) is 10.6 Å². The van der Waals surface area contributed by atoms with Crippen LogP contribution in [0.15, 0.2) is 46.9 Å². The van der Waals surface area contributed by atoms with Crippen LogP contribution < -0.4 is 15.4 Å². The Morgan fingerprint density at radius 1 is 1.21 bits per heavy atom. The standard InChI is InChI=1S/C18H20N2O4/c21-17-15(8-4-5-11-19-17)20-18(22)16-10-9-14(24-16)12-23-13-6-2-1-3-7-13/h1-3,6-7,9-10,15H,4-5,8,11-12H2,(H,19,21)(H,20,22)/t15-/m1/s1. The van der Waals surface area contributed by atoms with Crippen LogP contribution in [-0.4, -0.2) is 24.4 Å². The molecule has 0 spiro atoms. The van der Waals surface area contributed by atoms with Crippen molar-refractivity contribution in [3.63, 3.8) is 0 Å². The summed E-state index contributed by atoms with van der Waals surface area (Å²) in [5.41, 5.74) is 0. The number of furan rings is 1. The molecule has 1 aromatic carbocycles. The lowest BCUT2D eigenvalue weighted by atomic mass is 10.1. The number of hydrogen-bond donors (Lipinski definition) is 2. The Hall–Kier alpha value is -2.76. The number of ether oxygens (including phenoxy) is 1. The van der Waals surface area contributed by atoms with Crippen LogP contribution >= 0.6 is 0 Å². The highest BCUT2D eigenvalue weighted by Gasteiger charge is 2.24. The van der Waals surface area contributed by atoms with E-state index < -0.39 is 6.04 Å². The van der Waals surface area contributed by atoms with Crippen molar-refractivity contribution in [1.29, 1.82) is 0 Å². The first-order valence-electron chi connectivity index (χ1n) is 8.07. The third kappa shape index (κ3) is 4.16. The predicted octanol–water partition coefficient (Wildman–Crippen LogP) is 2.26. The summed E-state index contributed by atoms with van der Waals surface area (Å²) < 4.78 is 11.1. The average molecular weight is 328 g/mol. The van der Waals surface area contributed by atoms with Gasteiger partial charge < -0.3 is 19.8 Å². The second-order valence-electron chi connectivity index (χ2n) is 5.68. The molecule has 1 aliphatic heterocycles. The number of para-hydroxylation sites is 1. The molecule has 0 unspecified atom stereocenters. The molecule has 0 aliphatic carbocycles. The van der Waals surface area contributed by atoms with Crippen molar-refractivity contribution < 1.29 is 18.7 Å². The summed E-state index contributed by atoms with van der Waals surface area (Å²) in [7, 11) is 0. The van der Waals surface area contributed by atoms with Crippen LogP contribution in [0.3, 0.4) is 0 Å². The van der Waals surface area contributed by atoms with Gasteiger partial charge in [0, 0.05) is 6.54 Å². The first-order chi connectivity index (χ1) is 11.7. The lowest BCUT2D eigenvalue weighted by Gasteiger charge is -2.14. The van der Waals surface area contributed by atoms with E-state index in [-0.39, 0.29) is 24.2 Å². The normalized spacial score (nSPS) is 17.7. The van der Waals surface area contributed by atoms with Crippen molar-refractivity contribution in [2.24, 2.45) is 0 Å². The maximum Gasteiger partial charge on any atom is 0.287 e. The Bertz CT molecular complexity index is 696. The maximum atomic E-state index is 12.2. The van der Waals surface area contributed by atoms with E-state index in [0.29, 0.717) is 18.7 Å². The van der Waals surface area contributed by atoms with Gasteiger partial charge in [-0.3, -0.25) is 9.59 Å². The van der Waals surface area contributed by atoms with Gasteiger partial charge in [-0.25, -0.2) is 0 Å². The molecule has 2 heterocycles. The molecule has 1 atom stereocenters. The van der Waals surface area contributed by atoms with E-state index in [0.717, 1.165) is 18.6 Å². The van der Waals surface area contributed by atoms with Crippen molar-refractivity contribution in [2.75, 3.05) is 6.54 Å². The van der Waals surface area contributed by atoms with Gasteiger partial charge in [-0.2, -0.15) is 0 Å². The zero-order valence-corrected chi connectivity index (χ0v) is 13.3. The molecule has 6 heteroatoms. The molecular weight excluding hydrogens is 308 g/mol. The molecule has 1 aromatic heterocycles. The van der Waals surface area contributed by atoms with Crippen molar-refractivity contribution in [3.8, 4) is 5.75 Å². The number of nitrogens with one attached hydrogen (secondary N) is 2. The van der Waals surface area contributed by atoms with E-state index in [1.54, 1.807) is 12.1 Å². The van der Waals surface area contributed by atoms with Crippen LogP contribution in [0.5, 0.6) is 5.75 Å². The van der Waals surface area contributed by atoms with Crippen LogP contribution in [0.1, 0.15) is 35.6 Å². The first kappa shape index (κ1) is 16.1. The molecule has 2 aromatic rings. The number of carbonyl (C=O) groups excluding carboxylic acids is 2. The Morgan fingerprint density at radius 3 is 2.88 bits per heavy atom. The monoisotopic (exact) mass is 328 g/mol. The van der Waals surface area contributed by atoms with Gasteiger partial charge in [-0.05, 0) is 43.5 Å². The van der Waals surface area contributed by atoms with Gasteiger partial charge in [-0.1, -0.05) is 18.2 Å². The molecule has 2 amide bonds. The second kappa shape index (κ2) is 7.68. The Morgan fingerprint density at radius 2 is 2.04 bits per heavy atom. The Labute approximate surface area is 140 Å². The van der Waals surface area contributed by atoms with Gasteiger partial charge in [0.15, 0.2) is 5.76 Å². The minimum Gasteiger partial charge on any atom is -0.486 e. The molecule has 6 nitrogen and oxygen atoms in total. The predicted molar refractivity (Wildman–Crippen MR) is 87.6 cm³/mol. The fourth-order valence-corrected chi connectivity index (χ4v) is 2.56. The van der Waals surface area contributed by atoms with Gasteiger partial charge in [0.25, 0.3) is 5.91 Å². The highest BCUT2D eigenvalue weighted by Crippen LogP contribution is 2.14. The third-order valence-corrected chi connectivity index (χ3v) is 3.85. The van der Waals surface area contributed by atoms with Crippen molar-refractivity contribution >= 4 is 11.8 Å². The minimum absolute atomic E-state index is 0.139. The maximum absolute atomic E-state index is 12.2. The second-order valence-corrected chi connectivity index (χ2v) is 5.68. The third-order valence-electron chi connectivity index (χ3n) is 3.85. The zero-order valence-electron chi connectivity index (χ0n) is 13.3. The number of hydrogen-bond acceptors (Lipinski definition) is 4. The summed E-state index contributed by atoms with van der Waals surface area (Å²) in [5, 5.41) is 5.52. The van der Waals surface area contributed by atoms with Crippen LogP contribution in [0, 0.1) is 0 Å². The molecule has 24 heavy (non-hydrogen) atoms. The smallest absolute Gasteiger partial charge is 0.287 e. The summed E-state index contributed by atoms with van der Waals surface area (Å²) >= 11 is 0. The summed E-state index contributed by atoms with van der Waals surface area (Å²) in [4.78, 5) is 24.1. The van der Waals surface area contributed by atoms with Gasteiger partial charge in [0.1, 0.15) is 24.2 Å². The molecule has 2 N–H and O–H groups in total. The van der Waals surface area contributed by atoms with Gasteiger partial charge >= 0.3 is 0 Å². The summed E-state index contributed by atoms with van der Waals surface area (Å²) in [6.45, 7) is 0.897. The highest BCUT2D eigenvalue weighted by atomic mass is 16.5. The minimum atomic E-state index is -0.505. The average Bonchev–Trinajstić information content (AvgIpc) is 2.99. The number of carbonyl (C=O) groups is 2. The molecule has 3 rings (SSSR count). The Balaban J connectivity index is 1.56. The molecule has 1 fully saturated rings. The summed E-state index contributed by atoms with van der Waals surface area (Å²) in [5.74, 6) is 0.936. The van der Waals surface area contributed by atoms with E-state index in [4.69, 9.17) is 9.15 Å². The zero-order chi connectivity index (χ0) is 16.8. The van der Waals surface area contributed by atoms with E-state index in [9.17, 15) is 9.59 Å². The van der Waals surface area contributed by atoms with Crippen LogP contribution in [0.2, 0.25) is 0 Å². The molecule has 0 bridgehead atoms. The molecule has 126 valence electrons. The van der Waals surface area contributed by atoms with Crippen LogP contribution in [0.4, 0.5) is 0 Å². The number of amides is 2. The fourth-order valence-electron chi connectivity index (χ4n) is 2.56. The number of rotatable bonds is 5. The largest absolute Gasteiger partial charge is 0.486 e. The molecule has 0 radical (unpaired) electrons. The quantitative estimate of drug-likeness (QED) is 0.882. The lowest BCUT2D eigenvalue weighted by molar-refractivity contribution is -0.122. The topological polar surface area (TPSA) is 80.6 Å². The molecule has 1 saturated heterocycles. The van der Waals surface area contributed by atoms with E-state index in [2.05, 4.69) is 10.6 Å². The summed E-state index contributed by atoms with van der Waals surface area (Å²) in [6, 6.07) is 12.2. The van der Waals surface area contributed by atoms with E-state index in [1.165, 1.54) is 0 Å². The van der Waals surface area contributed by atoms with Crippen LogP contribution in [0.25, 0.3) is 0 Å². The first-order valence-corrected chi connectivity index (χ1v) is 8.07. The highest BCUT2D eigenvalue weighted by molar-refractivity contribution is 5.95. The number of benzene rings is 1. The van der Waals surface area contributed by atoms with Crippen LogP contribution in [-0.2, 0) is 11.4 Å². The van der Waals surface area contributed by atoms with Gasteiger partial charge in [0.2, 0.25) is 5.91 Å². The fraction of sp³-hybridized carbons (Fsp3) is 0.333. The van der Waals surface area contributed by atoms with E-state index >= 15 is 0 Å². The Kier molecular flexibility index (Phi) is 5.15. The lowest BCUT2D eigenvalue weighted by Crippen LogP contribution is -2.45. The van der Waals surface area contributed by atoms with Gasteiger partial charge in [-0.15, -0.1) is 0 Å². The van der Waals surface area contributed by atoms with Gasteiger partial charge in [0.05, 0.1) is 0 Å². The van der Waals surface area contributed by atoms with Crippen molar-refractivity contribution in [2.45, 2.75) is 31.9 Å².